The van der Waals surface area contributed by atoms with Crippen LogP contribution in [0.1, 0.15) is 19.4 Å². The van der Waals surface area contributed by atoms with Crippen molar-refractivity contribution in [3.05, 3.63) is 42.5 Å². The van der Waals surface area contributed by atoms with E-state index in [9.17, 15) is 13.2 Å². The van der Waals surface area contributed by atoms with Gasteiger partial charge in [0.25, 0.3) is 15.9 Å². The molecule has 0 radical (unpaired) electrons. The fourth-order valence-electron chi connectivity index (χ4n) is 1.54. The Kier molecular flexibility index (Phi) is 5.15. The van der Waals surface area contributed by atoms with Crippen LogP contribution in [0.5, 0.6) is 0 Å². The van der Waals surface area contributed by atoms with Crippen LogP contribution in [0.2, 0.25) is 0 Å². The van der Waals surface area contributed by atoms with Crippen LogP contribution < -0.4 is 0 Å². The predicted molar refractivity (Wildman–Crippen MR) is 83.3 cm³/mol. The summed E-state index contributed by atoms with van der Waals surface area (Å²) in [5.74, 6) is -0.530. The Balaban J connectivity index is 3.29. The second kappa shape index (κ2) is 6.10. The van der Waals surface area contributed by atoms with Gasteiger partial charge in [-0.1, -0.05) is 39.7 Å². The fourth-order valence-corrected chi connectivity index (χ4v) is 3.36. The van der Waals surface area contributed by atoms with Crippen LogP contribution >= 0.6 is 15.9 Å². The highest BCUT2D eigenvalue weighted by atomic mass is 79.9. The van der Waals surface area contributed by atoms with Crippen LogP contribution in [-0.4, -0.2) is 29.5 Å². The van der Waals surface area contributed by atoms with Gasteiger partial charge in [-0.2, -0.15) is 0 Å². The molecule has 0 fully saturated rings. The van der Waals surface area contributed by atoms with E-state index < -0.39 is 20.3 Å². The first-order valence-corrected chi connectivity index (χ1v) is 8.27. The lowest BCUT2D eigenvalue weighted by Gasteiger charge is -2.27. The molecule has 6 heteroatoms. The monoisotopic (exact) mass is 359 g/mol. The highest BCUT2D eigenvalue weighted by molar-refractivity contribution is 9.10. The molecule has 20 heavy (non-hydrogen) atoms. The lowest BCUT2D eigenvalue weighted by Crippen LogP contribution is -2.45. The van der Waals surface area contributed by atoms with Gasteiger partial charge in [0.2, 0.25) is 0 Å². The molecule has 1 aromatic rings. The van der Waals surface area contributed by atoms with Crippen LogP contribution in [0, 0.1) is 6.92 Å². The molecule has 0 aliphatic carbocycles. The Bertz CT molecular complexity index is 600. The van der Waals surface area contributed by atoms with Crippen molar-refractivity contribution in [3.8, 4) is 0 Å². The van der Waals surface area contributed by atoms with Crippen LogP contribution in [0.3, 0.4) is 0 Å². The molecule has 0 heterocycles. The second-order valence-electron chi connectivity index (χ2n) is 4.92. The lowest BCUT2D eigenvalue weighted by atomic mass is 10.2. The minimum absolute atomic E-state index is 0.0654. The average molecular weight is 360 g/mol. The van der Waals surface area contributed by atoms with Gasteiger partial charge in [-0.15, -0.1) is 6.58 Å². The first kappa shape index (κ1) is 16.9. The van der Waals surface area contributed by atoms with Crippen molar-refractivity contribution in [2.75, 3.05) is 6.54 Å². The number of halogens is 1. The molecule has 0 aliphatic rings. The highest BCUT2D eigenvalue weighted by Crippen LogP contribution is 2.24. The number of nitrogens with zero attached hydrogens (tertiary/aromatic N) is 1. The quantitative estimate of drug-likeness (QED) is 0.599. The predicted octanol–water partition coefficient (Wildman–Crippen LogP) is 2.87. The zero-order chi connectivity index (χ0) is 15.6. The van der Waals surface area contributed by atoms with Gasteiger partial charge in [0, 0.05) is 0 Å². The van der Waals surface area contributed by atoms with Gasteiger partial charge in [0.05, 0.1) is 15.8 Å². The van der Waals surface area contributed by atoms with Crippen molar-refractivity contribution < 1.29 is 13.2 Å². The number of hydrogen-bond donors (Lipinski definition) is 0. The third-order valence-electron chi connectivity index (χ3n) is 2.64. The van der Waals surface area contributed by atoms with Gasteiger partial charge in [-0.05, 0) is 32.9 Å². The van der Waals surface area contributed by atoms with E-state index >= 15 is 0 Å². The Labute approximate surface area is 128 Å². The summed E-state index contributed by atoms with van der Waals surface area (Å²) in [4.78, 5) is 12.4. The van der Waals surface area contributed by atoms with Gasteiger partial charge >= 0.3 is 0 Å². The Morgan fingerprint density at radius 3 is 2.25 bits per heavy atom. The van der Waals surface area contributed by atoms with E-state index in [0.29, 0.717) is 0 Å². The van der Waals surface area contributed by atoms with E-state index in [1.165, 1.54) is 18.2 Å². The molecule has 0 saturated heterocycles. The van der Waals surface area contributed by atoms with Crippen molar-refractivity contribution in [1.82, 2.24) is 4.31 Å². The Morgan fingerprint density at radius 1 is 1.35 bits per heavy atom. The molecule has 0 atom stereocenters. The third kappa shape index (κ3) is 3.70. The molecule has 0 saturated carbocycles. The maximum atomic E-state index is 12.6. The van der Waals surface area contributed by atoms with Gasteiger partial charge in [-0.3, -0.25) is 4.79 Å². The van der Waals surface area contributed by atoms with Crippen LogP contribution in [-0.2, 0) is 14.8 Å². The average Bonchev–Trinajstić information content (AvgIpc) is 2.34. The van der Waals surface area contributed by atoms with E-state index in [2.05, 4.69) is 22.5 Å². The molecule has 0 N–H and O–H groups in total. The summed E-state index contributed by atoms with van der Waals surface area (Å²) in [6.07, 6.45) is 1.39. The normalized spacial score (nSPS) is 12.0. The van der Waals surface area contributed by atoms with Crippen molar-refractivity contribution in [2.45, 2.75) is 30.0 Å². The molecule has 1 aromatic carbocycles. The summed E-state index contributed by atoms with van der Waals surface area (Å²) in [5.41, 5.74) is 0.950. The summed E-state index contributed by atoms with van der Waals surface area (Å²) in [7, 11) is -3.88. The van der Waals surface area contributed by atoms with Gasteiger partial charge in [-0.25, -0.2) is 12.7 Å². The highest BCUT2D eigenvalue weighted by Gasteiger charge is 2.36. The minimum atomic E-state index is -3.88. The number of amides is 1. The van der Waals surface area contributed by atoms with Gasteiger partial charge in [0.1, 0.15) is 0 Å². The van der Waals surface area contributed by atoms with Crippen molar-refractivity contribution in [2.24, 2.45) is 0 Å². The number of rotatable bonds is 5. The summed E-state index contributed by atoms with van der Waals surface area (Å²) < 4.78 is 25.0. The van der Waals surface area contributed by atoms with E-state index in [0.717, 1.165) is 9.87 Å². The number of carbonyl (C=O) groups excluding carboxylic acids is 1. The number of hydrogen-bond acceptors (Lipinski definition) is 3. The largest absolute Gasteiger partial charge is 0.272 e. The van der Waals surface area contributed by atoms with Crippen LogP contribution in [0.15, 0.2) is 41.8 Å². The molecule has 1 amide bonds. The molecular weight excluding hydrogens is 342 g/mol. The Morgan fingerprint density at radius 2 is 1.85 bits per heavy atom. The molecule has 4 nitrogen and oxygen atoms in total. The SMILES string of the molecule is C=CCN(C(=O)C(C)(C)Br)S(=O)(=O)c1ccc(C)cc1. The first-order chi connectivity index (χ1) is 9.10. The molecule has 0 aliphatic heterocycles. The first-order valence-electron chi connectivity index (χ1n) is 6.04. The number of carbonyl (C=O) groups is 1. The maximum Gasteiger partial charge on any atom is 0.266 e. The summed E-state index contributed by atoms with van der Waals surface area (Å²) in [6.45, 7) is 8.53. The number of benzene rings is 1. The maximum absolute atomic E-state index is 12.6. The summed E-state index contributed by atoms with van der Waals surface area (Å²) in [5, 5.41) is 0. The standard InChI is InChI=1S/C14H18BrNO3S/c1-5-10-16(13(17)14(3,4)15)20(18,19)12-8-6-11(2)7-9-12/h5-9H,1,10H2,2-4H3. The Hall–Kier alpha value is -1.14. The van der Waals surface area contributed by atoms with Crippen molar-refractivity contribution in [3.63, 3.8) is 0 Å². The van der Waals surface area contributed by atoms with Crippen molar-refractivity contribution >= 4 is 31.9 Å². The second-order valence-corrected chi connectivity index (χ2v) is 8.76. The topological polar surface area (TPSA) is 54.5 Å². The van der Waals surface area contributed by atoms with E-state index in [1.807, 2.05) is 6.92 Å². The molecule has 0 spiro atoms. The van der Waals surface area contributed by atoms with Crippen molar-refractivity contribution in [1.29, 1.82) is 0 Å². The lowest BCUT2D eigenvalue weighted by molar-refractivity contribution is -0.127. The van der Waals surface area contributed by atoms with E-state index in [-0.39, 0.29) is 11.4 Å². The van der Waals surface area contributed by atoms with Gasteiger partial charge in [0.15, 0.2) is 0 Å². The molecule has 0 aromatic heterocycles. The zero-order valence-corrected chi connectivity index (χ0v) is 14.2. The smallest absolute Gasteiger partial charge is 0.266 e. The summed E-state index contributed by atoms with van der Waals surface area (Å²) in [6, 6.07) is 6.38. The molecule has 1 rings (SSSR count). The molecule has 0 bridgehead atoms. The zero-order valence-electron chi connectivity index (χ0n) is 11.8. The van der Waals surface area contributed by atoms with Crippen LogP contribution in [0.25, 0.3) is 0 Å². The minimum Gasteiger partial charge on any atom is -0.272 e. The number of aryl methyl sites for hydroxylation is 1. The number of alkyl halides is 1. The number of sulfonamides is 1. The molecular formula is C14H18BrNO3S. The van der Waals surface area contributed by atoms with Gasteiger partial charge < -0.3 is 0 Å². The van der Waals surface area contributed by atoms with Crippen LogP contribution in [0.4, 0.5) is 0 Å². The summed E-state index contributed by atoms with van der Waals surface area (Å²) >= 11 is 3.20. The molecule has 0 unspecified atom stereocenters. The van der Waals surface area contributed by atoms with E-state index in [1.54, 1.807) is 26.0 Å². The molecule has 110 valence electrons. The third-order valence-corrected chi connectivity index (χ3v) is 4.74. The van der Waals surface area contributed by atoms with E-state index in [4.69, 9.17) is 0 Å². The fraction of sp³-hybridized carbons (Fsp3) is 0.357.